The molecule has 0 spiro atoms. The van der Waals surface area contributed by atoms with E-state index in [4.69, 9.17) is 16.3 Å². The van der Waals surface area contributed by atoms with Crippen molar-refractivity contribution in [3.63, 3.8) is 0 Å². The van der Waals surface area contributed by atoms with Gasteiger partial charge in [0.25, 0.3) is 0 Å². The van der Waals surface area contributed by atoms with E-state index in [0.29, 0.717) is 29.3 Å². The molecule has 2 rings (SSSR count). The zero-order valence-corrected chi connectivity index (χ0v) is 12.1. The Kier molecular flexibility index (Phi) is 5.07. The van der Waals surface area contributed by atoms with Gasteiger partial charge in [0.05, 0.1) is 22.4 Å². The number of benzene rings is 1. The van der Waals surface area contributed by atoms with Crippen molar-refractivity contribution in [2.45, 2.75) is 19.3 Å². The van der Waals surface area contributed by atoms with Crippen molar-refractivity contribution in [1.29, 1.82) is 0 Å². The number of fused-ring (bicyclic) bond motifs is 1. The number of methoxy groups -OCH3 is 1. The van der Waals surface area contributed by atoms with Crippen molar-refractivity contribution in [2.24, 2.45) is 0 Å². The quantitative estimate of drug-likeness (QED) is 0.833. The average Bonchev–Trinajstić information content (AvgIpc) is 2.87. The zero-order valence-electron chi connectivity index (χ0n) is 10.5. The Morgan fingerprint density at radius 2 is 2.26 bits per heavy atom. The van der Waals surface area contributed by atoms with E-state index in [9.17, 15) is 4.79 Å². The first kappa shape index (κ1) is 14.2. The minimum absolute atomic E-state index is 0.0708. The van der Waals surface area contributed by atoms with E-state index in [-0.39, 0.29) is 5.91 Å². The first-order valence-electron chi connectivity index (χ1n) is 5.92. The van der Waals surface area contributed by atoms with Crippen LogP contribution in [0.1, 0.15) is 19.3 Å². The van der Waals surface area contributed by atoms with Crippen molar-refractivity contribution < 1.29 is 9.53 Å². The predicted octanol–water partition coefficient (Wildman–Crippen LogP) is 3.10. The van der Waals surface area contributed by atoms with Gasteiger partial charge in [-0.2, -0.15) is 8.75 Å². The molecule has 0 atom stereocenters. The van der Waals surface area contributed by atoms with Gasteiger partial charge < -0.3 is 10.1 Å². The standard InChI is InChI=1S/C12H14ClN3O2S/c1-18-7-3-2-4-10(17)14-11-8(13)5-6-9-12(11)16-19-15-9/h5-6H,2-4,7H2,1H3,(H,14,17). The number of amides is 1. The van der Waals surface area contributed by atoms with E-state index in [1.165, 1.54) is 0 Å². The molecule has 0 aliphatic carbocycles. The zero-order chi connectivity index (χ0) is 13.7. The first-order chi connectivity index (χ1) is 9.22. The van der Waals surface area contributed by atoms with Gasteiger partial charge in [0, 0.05) is 20.1 Å². The van der Waals surface area contributed by atoms with E-state index >= 15 is 0 Å². The third-order valence-electron chi connectivity index (χ3n) is 2.64. The third kappa shape index (κ3) is 3.62. The number of unbranched alkanes of at least 4 members (excludes halogenated alkanes) is 1. The molecule has 19 heavy (non-hydrogen) atoms. The highest BCUT2D eigenvalue weighted by Crippen LogP contribution is 2.30. The molecule has 1 heterocycles. The highest BCUT2D eigenvalue weighted by molar-refractivity contribution is 7.00. The number of halogens is 1. The number of nitrogens with one attached hydrogen (secondary N) is 1. The Hall–Kier alpha value is -1.24. The smallest absolute Gasteiger partial charge is 0.224 e. The Morgan fingerprint density at radius 1 is 1.42 bits per heavy atom. The van der Waals surface area contributed by atoms with E-state index < -0.39 is 0 Å². The van der Waals surface area contributed by atoms with Crippen molar-refractivity contribution in [3.05, 3.63) is 17.2 Å². The van der Waals surface area contributed by atoms with Crippen LogP contribution in [0.3, 0.4) is 0 Å². The SMILES string of the molecule is COCCCCC(=O)Nc1c(Cl)ccc2nsnc12. The van der Waals surface area contributed by atoms with Gasteiger partial charge >= 0.3 is 0 Å². The van der Waals surface area contributed by atoms with Gasteiger partial charge in [0.2, 0.25) is 5.91 Å². The molecule has 1 aromatic carbocycles. The minimum atomic E-state index is -0.0708. The molecule has 0 unspecified atom stereocenters. The summed E-state index contributed by atoms with van der Waals surface area (Å²) in [6.45, 7) is 0.666. The summed E-state index contributed by atoms with van der Waals surface area (Å²) in [7, 11) is 1.65. The van der Waals surface area contributed by atoms with E-state index in [1.54, 1.807) is 19.2 Å². The summed E-state index contributed by atoms with van der Waals surface area (Å²) in [6, 6.07) is 3.50. The van der Waals surface area contributed by atoms with Crippen LogP contribution in [0.2, 0.25) is 5.02 Å². The molecular formula is C12H14ClN3O2S. The van der Waals surface area contributed by atoms with E-state index in [2.05, 4.69) is 14.1 Å². The highest BCUT2D eigenvalue weighted by atomic mass is 35.5. The number of anilines is 1. The molecule has 0 saturated carbocycles. The number of hydrogen-bond donors (Lipinski definition) is 1. The Morgan fingerprint density at radius 3 is 3.05 bits per heavy atom. The van der Waals surface area contributed by atoms with Crippen LogP contribution in [0.4, 0.5) is 5.69 Å². The van der Waals surface area contributed by atoms with Crippen LogP contribution in [0.25, 0.3) is 11.0 Å². The van der Waals surface area contributed by atoms with Crippen LogP contribution < -0.4 is 5.32 Å². The molecule has 1 aromatic heterocycles. The molecular weight excluding hydrogens is 286 g/mol. The van der Waals surface area contributed by atoms with Gasteiger partial charge in [-0.05, 0) is 25.0 Å². The first-order valence-corrected chi connectivity index (χ1v) is 7.02. The molecule has 0 fully saturated rings. The molecule has 1 amide bonds. The Balaban J connectivity index is 2.02. The maximum Gasteiger partial charge on any atom is 0.224 e. The van der Waals surface area contributed by atoms with E-state index in [0.717, 1.165) is 30.1 Å². The normalized spacial score (nSPS) is 10.8. The van der Waals surface area contributed by atoms with Gasteiger partial charge in [-0.15, -0.1) is 0 Å². The van der Waals surface area contributed by atoms with Gasteiger partial charge in [-0.25, -0.2) is 0 Å². The third-order valence-corrected chi connectivity index (χ3v) is 3.50. The van der Waals surface area contributed by atoms with Crippen molar-refractivity contribution in [3.8, 4) is 0 Å². The summed E-state index contributed by atoms with van der Waals surface area (Å²) < 4.78 is 13.2. The number of rotatable bonds is 6. The second-order valence-electron chi connectivity index (χ2n) is 4.05. The molecule has 5 nitrogen and oxygen atoms in total. The Labute approximate surface area is 120 Å². The fraction of sp³-hybridized carbons (Fsp3) is 0.417. The van der Waals surface area contributed by atoms with Crippen LogP contribution in [-0.2, 0) is 9.53 Å². The number of carbonyl (C=O) groups excluding carboxylic acids is 1. The molecule has 0 radical (unpaired) electrons. The summed E-state index contributed by atoms with van der Waals surface area (Å²) in [6.07, 6.45) is 2.08. The van der Waals surface area contributed by atoms with Gasteiger partial charge in [0.1, 0.15) is 11.0 Å². The number of carbonyl (C=O) groups is 1. The number of aromatic nitrogens is 2. The monoisotopic (exact) mass is 299 g/mol. The lowest BCUT2D eigenvalue weighted by atomic mass is 10.2. The van der Waals surface area contributed by atoms with Crippen molar-refractivity contribution >= 4 is 46.0 Å². The highest BCUT2D eigenvalue weighted by Gasteiger charge is 2.12. The molecule has 0 aliphatic heterocycles. The van der Waals surface area contributed by atoms with Gasteiger partial charge in [0.15, 0.2) is 0 Å². The van der Waals surface area contributed by atoms with Gasteiger partial charge in [-0.1, -0.05) is 11.6 Å². The second-order valence-corrected chi connectivity index (χ2v) is 4.99. The molecule has 102 valence electrons. The fourth-order valence-electron chi connectivity index (χ4n) is 1.68. The lowest BCUT2D eigenvalue weighted by Crippen LogP contribution is -2.12. The van der Waals surface area contributed by atoms with Crippen LogP contribution in [0.5, 0.6) is 0 Å². The maximum absolute atomic E-state index is 11.8. The summed E-state index contributed by atoms with van der Waals surface area (Å²) in [5, 5.41) is 3.29. The molecule has 1 N–H and O–H groups in total. The van der Waals surface area contributed by atoms with Crippen LogP contribution in [0, 0.1) is 0 Å². The largest absolute Gasteiger partial charge is 0.385 e. The molecule has 2 aromatic rings. The minimum Gasteiger partial charge on any atom is -0.385 e. The molecule has 0 bridgehead atoms. The lowest BCUT2D eigenvalue weighted by molar-refractivity contribution is -0.116. The van der Waals surface area contributed by atoms with Crippen molar-refractivity contribution in [1.82, 2.24) is 8.75 Å². The summed E-state index contributed by atoms with van der Waals surface area (Å²) in [5.74, 6) is -0.0708. The topological polar surface area (TPSA) is 64.1 Å². The fourth-order valence-corrected chi connectivity index (χ4v) is 2.42. The number of hydrogen-bond acceptors (Lipinski definition) is 5. The molecule has 0 saturated heterocycles. The van der Waals surface area contributed by atoms with Crippen LogP contribution in [-0.4, -0.2) is 28.4 Å². The summed E-state index contributed by atoms with van der Waals surface area (Å²) >= 11 is 7.19. The average molecular weight is 300 g/mol. The lowest BCUT2D eigenvalue weighted by Gasteiger charge is -2.07. The van der Waals surface area contributed by atoms with Crippen LogP contribution in [0.15, 0.2) is 12.1 Å². The summed E-state index contributed by atoms with van der Waals surface area (Å²) in [5.41, 5.74) is 1.93. The summed E-state index contributed by atoms with van der Waals surface area (Å²) in [4.78, 5) is 11.8. The maximum atomic E-state index is 11.8. The van der Waals surface area contributed by atoms with Crippen LogP contribution >= 0.6 is 23.3 Å². The van der Waals surface area contributed by atoms with E-state index in [1.807, 2.05) is 0 Å². The predicted molar refractivity (Wildman–Crippen MR) is 76.8 cm³/mol. The number of nitrogens with zero attached hydrogens (tertiary/aromatic N) is 2. The van der Waals surface area contributed by atoms with Crippen molar-refractivity contribution in [2.75, 3.05) is 19.0 Å². The van der Waals surface area contributed by atoms with Gasteiger partial charge in [-0.3, -0.25) is 4.79 Å². The molecule has 7 heteroatoms. The number of ether oxygens (including phenoxy) is 1. The molecule has 0 aliphatic rings. The second kappa shape index (κ2) is 6.79. The Bertz CT molecular complexity index is 573.